The van der Waals surface area contributed by atoms with Gasteiger partial charge < -0.3 is 4.74 Å². The van der Waals surface area contributed by atoms with Crippen LogP contribution in [0.2, 0.25) is 0 Å². The Hall–Kier alpha value is -2.70. The summed E-state index contributed by atoms with van der Waals surface area (Å²) in [6.45, 7) is 2.10. The third-order valence-corrected chi connectivity index (χ3v) is 5.31. The van der Waals surface area contributed by atoms with Gasteiger partial charge in [0.25, 0.3) is 5.69 Å². The van der Waals surface area contributed by atoms with Crippen LogP contribution in [0, 0.1) is 10.1 Å². The van der Waals surface area contributed by atoms with Crippen LogP contribution in [0.1, 0.15) is 35.0 Å². The molecule has 2 aromatic carbocycles. The minimum absolute atomic E-state index is 0.0894. The Balaban J connectivity index is 1.97. The third-order valence-electron chi connectivity index (χ3n) is 4.25. The maximum Gasteiger partial charge on any atom is 0.269 e. The number of hydrogen-bond acceptors (Lipinski definition) is 5. The van der Waals surface area contributed by atoms with Gasteiger partial charge in [0, 0.05) is 23.1 Å². The van der Waals surface area contributed by atoms with Gasteiger partial charge in [-0.1, -0.05) is 30.3 Å². The highest BCUT2D eigenvalue weighted by atomic mass is 32.1. The fraction of sp³-hybridized carbons (Fsp3) is 0.200. The molecule has 2 unspecified atom stereocenters. The maximum atomic E-state index is 11.2. The molecule has 26 heavy (non-hydrogen) atoms. The second-order valence-electron chi connectivity index (χ2n) is 5.96. The molecule has 0 bridgehead atoms. The Morgan fingerprint density at radius 2 is 1.85 bits per heavy atom. The van der Waals surface area contributed by atoms with Crippen molar-refractivity contribution in [3.8, 4) is 5.75 Å². The standard InChI is InChI=1S/C20H20N2O3S/c1-14(19-7-4-12-26-19)21-20(15-8-10-18(25-2)11-9-15)16-5-3-6-17(13-16)22(23)24/h3-14,20-21H,1-2H3. The van der Waals surface area contributed by atoms with Crippen molar-refractivity contribution in [2.75, 3.05) is 7.11 Å². The molecule has 2 atom stereocenters. The van der Waals surface area contributed by atoms with E-state index >= 15 is 0 Å². The Morgan fingerprint density at radius 3 is 2.46 bits per heavy atom. The van der Waals surface area contributed by atoms with Gasteiger partial charge in [-0.15, -0.1) is 11.3 Å². The van der Waals surface area contributed by atoms with Gasteiger partial charge in [0.2, 0.25) is 0 Å². The summed E-state index contributed by atoms with van der Waals surface area (Å²) in [6, 6.07) is 18.6. The van der Waals surface area contributed by atoms with Crippen LogP contribution in [0.25, 0.3) is 0 Å². The lowest BCUT2D eigenvalue weighted by Crippen LogP contribution is -2.25. The predicted octanol–water partition coefficient (Wildman–Crippen LogP) is 5.11. The minimum Gasteiger partial charge on any atom is -0.497 e. The molecule has 1 aromatic heterocycles. The quantitative estimate of drug-likeness (QED) is 0.465. The average Bonchev–Trinajstić information content (AvgIpc) is 3.21. The summed E-state index contributed by atoms with van der Waals surface area (Å²) in [4.78, 5) is 12.0. The van der Waals surface area contributed by atoms with Gasteiger partial charge in [-0.2, -0.15) is 0 Å². The minimum atomic E-state index is -0.364. The van der Waals surface area contributed by atoms with Crippen LogP contribution in [-0.4, -0.2) is 12.0 Å². The van der Waals surface area contributed by atoms with Crippen LogP contribution in [0.4, 0.5) is 5.69 Å². The molecule has 3 rings (SSSR count). The van der Waals surface area contributed by atoms with Crippen molar-refractivity contribution in [2.45, 2.75) is 19.0 Å². The Labute approximate surface area is 156 Å². The SMILES string of the molecule is COc1ccc(C(NC(C)c2cccs2)c2cccc([N+](=O)[O-])c2)cc1. The zero-order chi connectivity index (χ0) is 18.5. The summed E-state index contributed by atoms with van der Waals surface area (Å²) in [7, 11) is 1.63. The second-order valence-corrected chi connectivity index (χ2v) is 6.94. The molecule has 134 valence electrons. The summed E-state index contributed by atoms with van der Waals surface area (Å²) < 4.78 is 5.24. The van der Waals surface area contributed by atoms with Crippen LogP contribution in [-0.2, 0) is 0 Å². The van der Waals surface area contributed by atoms with Crippen LogP contribution in [0.15, 0.2) is 66.0 Å². The molecule has 3 aromatic rings. The van der Waals surface area contributed by atoms with Crippen molar-refractivity contribution in [2.24, 2.45) is 0 Å². The van der Waals surface area contributed by atoms with Crippen molar-refractivity contribution in [3.05, 3.63) is 92.2 Å². The van der Waals surface area contributed by atoms with Crippen molar-refractivity contribution in [1.29, 1.82) is 0 Å². The summed E-state index contributed by atoms with van der Waals surface area (Å²) in [6.07, 6.45) is 0. The van der Waals surface area contributed by atoms with E-state index in [-0.39, 0.29) is 22.7 Å². The maximum absolute atomic E-state index is 11.2. The first-order chi connectivity index (χ1) is 12.6. The van der Waals surface area contributed by atoms with E-state index in [0.29, 0.717) is 0 Å². The molecule has 0 saturated heterocycles. The van der Waals surface area contributed by atoms with Gasteiger partial charge in [0.05, 0.1) is 18.1 Å². The zero-order valence-electron chi connectivity index (χ0n) is 14.6. The normalized spacial score (nSPS) is 13.2. The second kappa shape index (κ2) is 8.12. The number of methoxy groups -OCH3 is 1. The Bertz CT molecular complexity index is 863. The average molecular weight is 368 g/mol. The zero-order valence-corrected chi connectivity index (χ0v) is 15.4. The number of benzene rings is 2. The van der Waals surface area contributed by atoms with E-state index < -0.39 is 0 Å². The Kier molecular flexibility index (Phi) is 5.65. The lowest BCUT2D eigenvalue weighted by atomic mass is 9.97. The molecule has 0 aliphatic heterocycles. The first-order valence-electron chi connectivity index (χ1n) is 8.26. The molecule has 1 N–H and O–H groups in total. The molecule has 0 saturated carbocycles. The number of nitrogens with one attached hydrogen (secondary N) is 1. The van der Waals surface area contributed by atoms with Gasteiger partial charge in [-0.25, -0.2) is 0 Å². The number of ether oxygens (including phenoxy) is 1. The van der Waals surface area contributed by atoms with E-state index in [9.17, 15) is 10.1 Å². The molecular weight excluding hydrogens is 348 g/mol. The molecule has 1 heterocycles. The molecule has 0 radical (unpaired) electrons. The summed E-state index contributed by atoms with van der Waals surface area (Å²) in [5.74, 6) is 0.776. The van der Waals surface area contributed by atoms with Gasteiger partial charge in [-0.3, -0.25) is 15.4 Å². The number of non-ortho nitro benzene ring substituents is 1. The molecule has 0 spiro atoms. The number of thiophene rings is 1. The van der Waals surface area contributed by atoms with E-state index in [1.807, 2.05) is 41.8 Å². The number of nitro groups is 1. The molecule has 5 nitrogen and oxygen atoms in total. The lowest BCUT2D eigenvalue weighted by Gasteiger charge is -2.24. The summed E-state index contributed by atoms with van der Waals surface area (Å²) in [5.41, 5.74) is 1.97. The summed E-state index contributed by atoms with van der Waals surface area (Å²) in [5, 5.41) is 16.8. The molecule has 6 heteroatoms. The van der Waals surface area contributed by atoms with Crippen molar-refractivity contribution >= 4 is 17.0 Å². The third kappa shape index (κ3) is 4.09. The largest absolute Gasteiger partial charge is 0.497 e. The molecule has 0 aliphatic rings. The van der Waals surface area contributed by atoms with E-state index in [1.165, 1.54) is 10.9 Å². The van der Waals surface area contributed by atoms with E-state index in [0.717, 1.165) is 16.9 Å². The molecule has 0 aliphatic carbocycles. The highest BCUT2D eigenvalue weighted by Gasteiger charge is 2.20. The fourth-order valence-corrected chi connectivity index (χ4v) is 3.61. The highest BCUT2D eigenvalue weighted by molar-refractivity contribution is 7.10. The van der Waals surface area contributed by atoms with E-state index in [2.05, 4.69) is 18.3 Å². The van der Waals surface area contributed by atoms with Gasteiger partial charge >= 0.3 is 0 Å². The number of hydrogen-bond donors (Lipinski definition) is 1. The molecule has 0 amide bonds. The first kappa shape index (κ1) is 18.1. The summed E-state index contributed by atoms with van der Waals surface area (Å²) >= 11 is 1.69. The van der Waals surface area contributed by atoms with Crippen LogP contribution >= 0.6 is 11.3 Å². The topological polar surface area (TPSA) is 64.4 Å². The Morgan fingerprint density at radius 1 is 1.08 bits per heavy atom. The van der Waals surface area contributed by atoms with E-state index in [4.69, 9.17) is 4.74 Å². The molecule has 0 fully saturated rings. The highest BCUT2D eigenvalue weighted by Crippen LogP contribution is 2.30. The van der Waals surface area contributed by atoms with Crippen molar-refractivity contribution in [1.82, 2.24) is 5.32 Å². The van der Waals surface area contributed by atoms with Gasteiger partial charge in [-0.05, 0) is 41.6 Å². The number of nitrogens with zero attached hydrogens (tertiary/aromatic N) is 1. The van der Waals surface area contributed by atoms with Crippen molar-refractivity contribution < 1.29 is 9.66 Å². The van der Waals surface area contributed by atoms with Crippen LogP contribution in [0.5, 0.6) is 5.75 Å². The monoisotopic (exact) mass is 368 g/mol. The van der Waals surface area contributed by atoms with Crippen LogP contribution in [0.3, 0.4) is 0 Å². The van der Waals surface area contributed by atoms with Crippen molar-refractivity contribution in [3.63, 3.8) is 0 Å². The van der Waals surface area contributed by atoms with Crippen LogP contribution < -0.4 is 10.1 Å². The van der Waals surface area contributed by atoms with Gasteiger partial charge in [0.1, 0.15) is 5.75 Å². The molecular formula is C20H20N2O3S. The number of rotatable bonds is 7. The van der Waals surface area contributed by atoms with E-state index in [1.54, 1.807) is 30.6 Å². The fourth-order valence-electron chi connectivity index (χ4n) is 2.87. The number of nitro benzene ring substituents is 1. The lowest BCUT2D eigenvalue weighted by molar-refractivity contribution is -0.384. The smallest absolute Gasteiger partial charge is 0.269 e. The predicted molar refractivity (Wildman–Crippen MR) is 104 cm³/mol. The first-order valence-corrected chi connectivity index (χ1v) is 9.14. The van der Waals surface area contributed by atoms with Gasteiger partial charge in [0.15, 0.2) is 0 Å².